The molecule has 1 N–H and O–H groups in total. The first-order valence-corrected chi connectivity index (χ1v) is 13.5. The second-order valence-electron chi connectivity index (χ2n) is 8.03. The summed E-state index contributed by atoms with van der Waals surface area (Å²) in [7, 11) is -3.65. The Morgan fingerprint density at radius 3 is 2.65 bits per heavy atom. The fraction of sp³-hybridized carbons (Fsp3) is 0.700. The molecule has 31 heavy (non-hydrogen) atoms. The summed E-state index contributed by atoms with van der Waals surface area (Å²) < 4.78 is 33.6. The first-order chi connectivity index (χ1) is 14.7. The Balaban J connectivity index is 1.64. The van der Waals surface area contributed by atoms with Crippen molar-refractivity contribution in [1.82, 2.24) is 14.5 Å². The van der Waals surface area contributed by atoms with Crippen molar-refractivity contribution in [2.75, 3.05) is 38.6 Å². The van der Waals surface area contributed by atoms with Crippen LogP contribution in [0.4, 0.5) is 0 Å². The second kappa shape index (κ2) is 10.6. The molecular weight excluding hydrogens is 462 g/mol. The molecule has 3 rings (SSSR count). The standard InChI is InChI=1S/C20H30ClN3O5S2/c1-3-14(2)18(20(26)23-9-11-29-12-10-23)24-8-6-16(19(24)25)22-31(27,28)13-7-15-4-5-17(21)30-15/h4-5,14,16,18,22H,3,6-13H2,1-2H3. The largest absolute Gasteiger partial charge is 0.378 e. The summed E-state index contributed by atoms with van der Waals surface area (Å²) in [6.07, 6.45) is 1.43. The Kier molecular flexibility index (Phi) is 8.37. The number of hydrogen-bond acceptors (Lipinski definition) is 6. The van der Waals surface area contributed by atoms with Gasteiger partial charge in [-0.25, -0.2) is 13.1 Å². The summed E-state index contributed by atoms with van der Waals surface area (Å²) in [5.74, 6) is -0.549. The zero-order valence-corrected chi connectivity index (χ0v) is 20.3. The van der Waals surface area contributed by atoms with Crippen molar-refractivity contribution in [3.63, 3.8) is 0 Å². The lowest BCUT2D eigenvalue weighted by molar-refractivity contribution is -0.149. The van der Waals surface area contributed by atoms with E-state index in [1.54, 1.807) is 21.9 Å². The molecule has 2 fully saturated rings. The third kappa shape index (κ3) is 6.19. The first kappa shape index (κ1) is 24.4. The van der Waals surface area contributed by atoms with Crippen molar-refractivity contribution in [1.29, 1.82) is 0 Å². The number of amides is 2. The molecule has 0 spiro atoms. The number of thiophene rings is 1. The third-order valence-electron chi connectivity index (χ3n) is 5.90. The maximum atomic E-state index is 13.2. The minimum absolute atomic E-state index is 0.0294. The van der Waals surface area contributed by atoms with Gasteiger partial charge < -0.3 is 14.5 Å². The van der Waals surface area contributed by atoms with Crippen LogP contribution in [0.5, 0.6) is 0 Å². The molecule has 0 aliphatic carbocycles. The van der Waals surface area contributed by atoms with Gasteiger partial charge in [-0.3, -0.25) is 9.59 Å². The molecule has 174 valence electrons. The summed E-state index contributed by atoms with van der Waals surface area (Å²) in [6.45, 7) is 6.31. The van der Waals surface area contributed by atoms with Crippen LogP contribution in [0.1, 0.15) is 31.6 Å². The van der Waals surface area contributed by atoms with Gasteiger partial charge in [-0.15, -0.1) is 11.3 Å². The quantitative estimate of drug-likeness (QED) is 0.567. The number of rotatable bonds is 9. The molecule has 0 aromatic carbocycles. The minimum atomic E-state index is -3.65. The van der Waals surface area contributed by atoms with Crippen molar-refractivity contribution in [2.45, 2.75) is 45.2 Å². The summed E-state index contributed by atoms with van der Waals surface area (Å²) in [6, 6.07) is 2.12. The van der Waals surface area contributed by atoms with Crippen molar-refractivity contribution in [2.24, 2.45) is 5.92 Å². The van der Waals surface area contributed by atoms with Gasteiger partial charge in [0.2, 0.25) is 21.8 Å². The summed E-state index contributed by atoms with van der Waals surface area (Å²) in [4.78, 5) is 30.5. The SMILES string of the molecule is CCC(C)C(C(=O)N1CCOCC1)N1CCC(NS(=O)(=O)CCc2ccc(Cl)s2)C1=O. The van der Waals surface area contributed by atoms with Crippen LogP contribution in [0.15, 0.2) is 12.1 Å². The van der Waals surface area contributed by atoms with Crippen molar-refractivity contribution in [3.05, 3.63) is 21.3 Å². The number of morpholine rings is 1. The van der Waals surface area contributed by atoms with Crippen LogP contribution in [0.25, 0.3) is 0 Å². The Labute approximate surface area is 192 Å². The summed E-state index contributed by atoms with van der Waals surface area (Å²) in [5.41, 5.74) is 0. The van der Waals surface area contributed by atoms with Gasteiger partial charge in [-0.1, -0.05) is 31.9 Å². The van der Waals surface area contributed by atoms with Crippen LogP contribution in [0.3, 0.4) is 0 Å². The van der Waals surface area contributed by atoms with E-state index in [0.717, 1.165) is 11.3 Å². The fourth-order valence-corrected chi connectivity index (χ4v) is 6.44. The normalized spacial score (nSPS) is 22.0. The molecule has 11 heteroatoms. The predicted octanol–water partition coefficient (Wildman–Crippen LogP) is 1.74. The third-order valence-corrected chi connectivity index (χ3v) is 8.58. The molecule has 8 nitrogen and oxygen atoms in total. The van der Waals surface area contributed by atoms with Crippen molar-refractivity contribution >= 4 is 44.8 Å². The van der Waals surface area contributed by atoms with Gasteiger partial charge in [0.1, 0.15) is 12.1 Å². The Hall–Kier alpha value is -1.20. The van der Waals surface area contributed by atoms with Gasteiger partial charge >= 0.3 is 0 Å². The molecule has 3 atom stereocenters. The molecule has 0 radical (unpaired) electrons. The molecule has 2 amide bonds. The number of likely N-dealkylation sites (tertiary alicyclic amines) is 1. The maximum Gasteiger partial charge on any atom is 0.245 e. The molecule has 2 aliphatic rings. The Morgan fingerprint density at radius 1 is 1.32 bits per heavy atom. The number of nitrogens with one attached hydrogen (secondary N) is 1. The average molecular weight is 492 g/mol. The second-order valence-corrected chi connectivity index (χ2v) is 11.7. The van der Waals surface area contributed by atoms with E-state index in [2.05, 4.69) is 4.72 Å². The van der Waals surface area contributed by atoms with E-state index in [0.29, 0.717) is 50.0 Å². The van der Waals surface area contributed by atoms with E-state index in [1.165, 1.54) is 11.3 Å². The Bertz CT molecular complexity index is 885. The number of carbonyl (C=O) groups is 2. The monoisotopic (exact) mass is 491 g/mol. The number of nitrogens with zero attached hydrogens (tertiary/aromatic N) is 2. The topological polar surface area (TPSA) is 96.0 Å². The van der Waals surface area contributed by atoms with Gasteiger partial charge in [-0.2, -0.15) is 0 Å². The minimum Gasteiger partial charge on any atom is -0.378 e. The van der Waals surface area contributed by atoms with E-state index < -0.39 is 22.1 Å². The van der Waals surface area contributed by atoms with Crippen LogP contribution in [0.2, 0.25) is 4.34 Å². The van der Waals surface area contributed by atoms with Crippen molar-refractivity contribution in [3.8, 4) is 0 Å². The average Bonchev–Trinajstić information content (AvgIpc) is 3.33. The number of ether oxygens (including phenoxy) is 1. The smallest absolute Gasteiger partial charge is 0.245 e. The molecule has 0 bridgehead atoms. The van der Waals surface area contributed by atoms with E-state index in [-0.39, 0.29) is 23.5 Å². The highest BCUT2D eigenvalue weighted by molar-refractivity contribution is 7.89. The lowest BCUT2D eigenvalue weighted by atomic mass is 9.96. The molecule has 0 saturated carbocycles. The molecule has 1 aromatic heterocycles. The fourth-order valence-electron chi connectivity index (χ4n) is 3.96. The Morgan fingerprint density at radius 2 is 2.03 bits per heavy atom. The van der Waals surface area contributed by atoms with Crippen LogP contribution < -0.4 is 4.72 Å². The number of aryl methyl sites for hydroxylation is 1. The lowest BCUT2D eigenvalue weighted by Crippen LogP contribution is -2.56. The number of halogens is 1. The van der Waals surface area contributed by atoms with Crippen LogP contribution in [-0.2, 0) is 30.8 Å². The summed E-state index contributed by atoms with van der Waals surface area (Å²) >= 11 is 7.24. The number of carbonyl (C=O) groups excluding carboxylic acids is 2. The van der Waals surface area contributed by atoms with Crippen LogP contribution >= 0.6 is 22.9 Å². The lowest BCUT2D eigenvalue weighted by Gasteiger charge is -2.37. The predicted molar refractivity (Wildman–Crippen MR) is 121 cm³/mol. The van der Waals surface area contributed by atoms with Crippen molar-refractivity contribution < 1.29 is 22.7 Å². The molecule has 1 aromatic rings. The summed E-state index contributed by atoms with van der Waals surface area (Å²) in [5, 5.41) is 0. The van der Waals surface area contributed by atoms with E-state index in [4.69, 9.17) is 16.3 Å². The van der Waals surface area contributed by atoms with Gasteiger partial charge in [0.15, 0.2) is 0 Å². The number of sulfonamides is 1. The highest BCUT2D eigenvalue weighted by Crippen LogP contribution is 2.25. The van der Waals surface area contributed by atoms with Crippen LogP contribution in [-0.4, -0.2) is 80.7 Å². The van der Waals surface area contributed by atoms with E-state index >= 15 is 0 Å². The highest BCUT2D eigenvalue weighted by atomic mass is 35.5. The maximum absolute atomic E-state index is 13.2. The zero-order chi connectivity index (χ0) is 22.6. The van der Waals surface area contributed by atoms with Gasteiger partial charge in [0.25, 0.3) is 0 Å². The number of hydrogen-bond donors (Lipinski definition) is 1. The van der Waals surface area contributed by atoms with Gasteiger partial charge in [0, 0.05) is 24.5 Å². The molecule has 2 aliphatic heterocycles. The molecule has 3 unspecified atom stereocenters. The highest BCUT2D eigenvalue weighted by Gasteiger charge is 2.43. The van der Waals surface area contributed by atoms with Gasteiger partial charge in [-0.05, 0) is 30.9 Å². The van der Waals surface area contributed by atoms with Crippen LogP contribution in [0, 0.1) is 5.92 Å². The molecule has 3 heterocycles. The van der Waals surface area contributed by atoms with E-state index in [9.17, 15) is 18.0 Å². The van der Waals surface area contributed by atoms with E-state index in [1.807, 2.05) is 13.8 Å². The first-order valence-electron chi connectivity index (χ1n) is 10.6. The molecular formula is C20H30ClN3O5S2. The zero-order valence-electron chi connectivity index (χ0n) is 17.9. The van der Waals surface area contributed by atoms with Gasteiger partial charge in [0.05, 0.1) is 23.3 Å². The molecule has 2 saturated heterocycles.